The maximum Gasteiger partial charge on any atom is 0.150 e. The van der Waals surface area contributed by atoms with E-state index in [2.05, 4.69) is 18.7 Å². The van der Waals surface area contributed by atoms with Gasteiger partial charge in [0.2, 0.25) is 0 Å². The summed E-state index contributed by atoms with van der Waals surface area (Å²) >= 11 is 0. The molecule has 0 saturated carbocycles. The summed E-state index contributed by atoms with van der Waals surface area (Å²) in [5.74, 6) is 0.782. The highest BCUT2D eigenvalue weighted by Crippen LogP contribution is 2.23. The molecule has 0 radical (unpaired) electrons. The van der Waals surface area contributed by atoms with Crippen LogP contribution in [0.4, 0.5) is 0 Å². The summed E-state index contributed by atoms with van der Waals surface area (Å²) in [6.07, 6.45) is 2.91. The Kier molecular flexibility index (Phi) is 7.26. The summed E-state index contributed by atoms with van der Waals surface area (Å²) in [5.41, 5.74) is 1.63. The Bertz CT molecular complexity index is 416. The second-order valence-corrected chi connectivity index (χ2v) is 4.85. The molecular formula is C16H25NO3. The highest BCUT2D eigenvalue weighted by Gasteiger charge is 2.17. The standard InChI is InChI=1S/C16H25NO3/c1-4-15(5-2)17(8-9-18)11-14-10-13(12-19)6-7-16(14)20-3/h6-7,10,12,15,18H,4-5,8-9,11H2,1-3H3. The first-order valence-electron chi connectivity index (χ1n) is 7.17. The summed E-state index contributed by atoms with van der Waals surface area (Å²) in [5, 5.41) is 9.25. The smallest absolute Gasteiger partial charge is 0.150 e. The molecule has 112 valence electrons. The number of aliphatic hydroxyl groups excluding tert-OH is 1. The lowest BCUT2D eigenvalue weighted by Crippen LogP contribution is -2.36. The van der Waals surface area contributed by atoms with Crippen LogP contribution in [0.5, 0.6) is 5.75 Å². The Labute approximate surface area is 121 Å². The van der Waals surface area contributed by atoms with Gasteiger partial charge in [-0.2, -0.15) is 0 Å². The van der Waals surface area contributed by atoms with Crippen molar-refractivity contribution in [1.29, 1.82) is 0 Å². The summed E-state index contributed by atoms with van der Waals surface area (Å²) in [7, 11) is 1.63. The lowest BCUT2D eigenvalue weighted by molar-refractivity contribution is 0.112. The lowest BCUT2D eigenvalue weighted by atomic mass is 10.1. The molecule has 0 aliphatic carbocycles. The molecule has 0 unspecified atom stereocenters. The van der Waals surface area contributed by atoms with E-state index in [4.69, 9.17) is 4.74 Å². The van der Waals surface area contributed by atoms with Crippen molar-refractivity contribution in [3.8, 4) is 5.75 Å². The molecule has 0 fully saturated rings. The number of aliphatic hydroxyl groups is 1. The predicted octanol–water partition coefficient (Wildman–Crippen LogP) is 2.49. The molecule has 1 N–H and O–H groups in total. The Hall–Kier alpha value is -1.39. The maximum atomic E-state index is 10.9. The molecule has 0 spiro atoms. The van der Waals surface area contributed by atoms with Gasteiger partial charge in [-0.25, -0.2) is 0 Å². The number of hydrogen-bond acceptors (Lipinski definition) is 4. The molecule has 0 aliphatic rings. The maximum absolute atomic E-state index is 10.9. The van der Waals surface area contributed by atoms with Gasteiger partial charge >= 0.3 is 0 Å². The monoisotopic (exact) mass is 279 g/mol. The molecule has 0 heterocycles. The van der Waals surface area contributed by atoms with Crippen molar-refractivity contribution >= 4 is 6.29 Å². The van der Waals surface area contributed by atoms with Gasteiger partial charge in [0.15, 0.2) is 0 Å². The van der Waals surface area contributed by atoms with Crippen molar-refractivity contribution in [2.75, 3.05) is 20.3 Å². The van der Waals surface area contributed by atoms with E-state index < -0.39 is 0 Å². The molecule has 0 aliphatic heterocycles. The zero-order valence-electron chi connectivity index (χ0n) is 12.6. The fourth-order valence-electron chi connectivity index (χ4n) is 2.54. The van der Waals surface area contributed by atoms with Crippen molar-refractivity contribution in [1.82, 2.24) is 4.90 Å². The number of carbonyl (C=O) groups excluding carboxylic acids is 1. The van der Waals surface area contributed by atoms with Crippen LogP contribution < -0.4 is 4.74 Å². The number of methoxy groups -OCH3 is 1. The largest absolute Gasteiger partial charge is 0.496 e. The second kappa shape index (κ2) is 8.72. The van der Waals surface area contributed by atoms with Gasteiger partial charge in [-0.3, -0.25) is 9.69 Å². The third kappa shape index (κ3) is 4.32. The van der Waals surface area contributed by atoms with Gasteiger partial charge in [0, 0.05) is 30.3 Å². The van der Waals surface area contributed by atoms with Gasteiger partial charge in [-0.1, -0.05) is 13.8 Å². The van der Waals surface area contributed by atoms with E-state index in [1.54, 1.807) is 13.2 Å². The molecule has 4 nitrogen and oxygen atoms in total. The topological polar surface area (TPSA) is 49.8 Å². The van der Waals surface area contributed by atoms with E-state index in [-0.39, 0.29) is 6.61 Å². The highest BCUT2D eigenvalue weighted by atomic mass is 16.5. The molecule has 0 atom stereocenters. The zero-order valence-corrected chi connectivity index (χ0v) is 12.6. The first-order valence-corrected chi connectivity index (χ1v) is 7.17. The molecule has 1 rings (SSSR count). The van der Waals surface area contributed by atoms with Gasteiger partial charge in [0.05, 0.1) is 13.7 Å². The van der Waals surface area contributed by atoms with E-state index in [1.165, 1.54) is 0 Å². The molecule has 1 aromatic rings. The summed E-state index contributed by atoms with van der Waals surface area (Å²) in [6, 6.07) is 5.86. The zero-order chi connectivity index (χ0) is 15.0. The third-order valence-corrected chi connectivity index (χ3v) is 3.66. The van der Waals surface area contributed by atoms with Crippen LogP contribution in [0, 0.1) is 0 Å². The number of benzene rings is 1. The van der Waals surface area contributed by atoms with Gasteiger partial charge in [-0.15, -0.1) is 0 Å². The minimum atomic E-state index is 0.131. The number of aldehydes is 1. The number of rotatable bonds is 9. The average molecular weight is 279 g/mol. The molecular weight excluding hydrogens is 254 g/mol. The Morgan fingerprint density at radius 1 is 1.35 bits per heavy atom. The number of hydrogen-bond donors (Lipinski definition) is 1. The van der Waals surface area contributed by atoms with Crippen LogP contribution in [-0.4, -0.2) is 42.6 Å². The quantitative estimate of drug-likeness (QED) is 0.706. The van der Waals surface area contributed by atoms with Crippen molar-refractivity contribution in [2.24, 2.45) is 0 Å². The molecule has 1 aromatic carbocycles. The van der Waals surface area contributed by atoms with Crippen molar-refractivity contribution < 1.29 is 14.6 Å². The Morgan fingerprint density at radius 2 is 2.05 bits per heavy atom. The van der Waals surface area contributed by atoms with Gasteiger partial charge in [-0.05, 0) is 31.0 Å². The second-order valence-electron chi connectivity index (χ2n) is 4.85. The Balaban J connectivity index is 2.99. The fraction of sp³-hybridized carbons (Fsp3) is 0.562. The summed E-state index contributed by atoms with van der Waals surface area (Å²) in [6.45, 7) is 5.74. The third-order valence-electron chi connectivity index (χ3n) is 3.66. The predicted molar refractivity (Wildman–Crippen MR) is 80.2 cm³/mol. The average Bonchev–Trinajstić information content (AvgIpc) is 2.48. The van der Waals surface area contributed by atoms with E-state index in [1.807, 2.05) is 12.1 Å². The van der Waals surface area contributed by atoms with Crippen LogP contribution in [-0.2, 0) is 6.54 Å². The van der Waals surface area contributed by atoms with E-state index in [0.29, 0.717) is 24.7 Å². The molecule has 4 heteroatoms. The number of carbonyl (C=O) groups is 1. The SMILES string of the molecule is CCC(CC)N(CCO)Cc1cc(C=O)ccc1OC. The summed E-state index contributed by atoms with van der Waals surface area (Å²) in [4.78, 5) is 13.2. The first-order chi connectivity index (χ1) is 9.69. The highest BCUT2D eigenvalue weighted by molar-refractivity contribution is 5.75. The van der Waals surface area contributed by atoms with Crippen LogP contribution in [0.25, 0.3) is 0 Å². The molecule has 0 saturated heterocycles. The molecule has 0 bridgehead atoms. The van der Waals surface area contributed by atoms with Crippen LogP contribution in [0.3, 0.4) is 0 Å². The van der Waals surface area contributed by atoms with Crippen LogP contribution in [0.15, 0.2) is 18.2 Å². The lowest BCUT2D eigenvalue weighted by Gasteiger charge is -2.30. The van der Waals surface area contributed by atoms with E-state index in [0.717, 1.165) is 30.4 Å². The fourth-order valence-corrected chi connectivity index (χ4v) is 2.54. The van der Waals surface area contributed by atoms with Gasteiger partial charge < -0.3 is 9.84 Å². The van der Waals surface area contributed by atoms with E-state index in [9.17, 15) is 9.90 Å². The van der Waals surface area contributed by atoms with Crippen molar-refractivity contribution in [3.05, 3.63) is 29.3 Å². The normalized spacial score (nSPS) is 11.1. The van der Waals surface area contributed by atoms with Crippen molar-refractivity contribution in [3.63, 3.8) is 0 Å². The number of ether oxygens (including phenoxy) is 1. The van der Waals surface area contributed by atoms with Crippen LogP contribution in [0.1, 0.15) is 42.6 Å². The molecule has 0 aromatic heterocycles. The van der Waals surface area contributed by atoms with Gasteiger partial charge in [0.1, 0.15) is 12.0 Å². The van der Waals surface area contributed by atoms with Crippen LogP contribution >= 0.6 is 0 Å². The summed E-state index contributed by atoms with van der Waals surface area (Å²) < 4.78 is 5.37. The van der Waals surface area contributed by atoms with Gasteiger partial charge in [0.25, 0.3) is 0 Å². The minimum Gasteiger partial charge on any atom is -0.496 e. The number of nitrogens with zero attached hydrogens (tertiary/aromatic N) is 1. The van der Waals surface area contributed by atoms with Crippen molar-refractivity contribution in [2.45, 2.75) is 39.3 Å². The molecule has 0 amide bonds. The molecule has 20 heavy (non-hydrogen) atoms. The Morgan fingerprint density at radius 3 is 2.55 bits per heavy atom. The van der Waals surface area contributed by atoms with E-state index >= 15 is 0 Å². The first kappa shape index (κ1) is 16.7. The van der Waals surface area contributed by atoms with Crippen LogP contribution in [0.2, 0.25) is 0 Å². The minimum absolute atomic E-state index is 0.131.